The molecule has 3 nitrogen and oxygen atoms in total. The molecule has 0 aliphatic carbocycles. The molecule has 0 saturated carbocycles. The molecule has 0 saturated heterocycles. The van der Waals surface area contributed by atoms with E-state index in [-0.39, 0.29) is 22.8 Å². The second kappa shape index (κ2) is 5.40. The first-order valence-electron chi connectivity index (χ1n) is 5.87. The van der Waals surface area contributed by atoms with Crippen LogP contribution < -0.4 is 0 Å². The van der Waals surface area contributed by atoms with Gasteiger partial charge in [0.2, 0.25) is 0 Å². The zero-order chi connectivity index (χ0) is 13.8. The molecule has 96 valence electrons. The fourth-order valence-electron chi connectivity index (χ4n) is 1.74. The van der Waals surface area contributed by atoms with Gasteiger partial charge in [-0.25, -0.2) is 0 Å². The molecule has 0 fully saturated rings. The number of phenolic OH excluding ortho intramolecular Hbond substituents is 2. The third kappa shape index (κ3) is 3.22. The molecule has 0 radical (unpaired) electrons. The standard InChI is InChI=1S/C16H14O3/c1-11-5-7-14(16(19)9-11)15(18)8-6-12-3-2-4-13(17)10-12/h2-10,17,19H,1H3/b8-6+. The zero-order valence-electron chi connectivity index (χ0n) is 10.5. The number of aromatic hydroxyl groups is 2. The van der Waals surface area contributed by atoms with Gasteiger partial charge in [0.25, 0.3) is 0 Å². The van der Waals surface area contributed by atoms with E-state index in [2.05, 4.69) is 0 Å². The van der Waals surface area contributed by atoms with Crippen molar-refractivity contribution in [2.75, 3.05) is 0 Å². The molecule has 0 unspecified atom stereocenters. The highest BCUT2D eigenvalue weighted by atomic mass is 16.3. The van der Waals surface area contributed by atoms with Gasteiger partial charge in [-0.2, -0.15) is 0 Å². The van der Waals surface area contributed by atoms with Crippen LogP contribution in [0.2, 0.25) is 0 Å². The van der Waals surface area contributed by atoms with Crippen molar-refractivity contribution in [2.24, 2.45) is 0 Å². The number of ketones is 1. The van der Waals surface area contributed by atoms with Gasteiger partial charge >= 0.3 is 0 Å². The van der Waals surface area contributed by atoms with E-state index in [1.807, 2.05) is 6.92 Å². The zero-order valence-corrected chi connectivity index (χ0v) is 10.5. The van der Waals surface area contributed by atoms with Crippen molar-refractivity contribution in [2.45, 2.75) is 6.92 Å². The molecule has 0 aliphatic rings. The van der Waals surface area contributed by atoms with Gasteiger partial charge in [-0.1, -0.05) is 24.3 Å². The van der Waals surface area contributed by atoms with Gasteiger partial charge in [0.15, 0.2) is 5.78 Å². The Morgan fingerprint density at radius 2 is 1.89 bits per heavy atom. The fraction of sp³-hybridized carbons (Fsp3) is 0.0625. The number of rotatable bonds is 3. The summed E-state index contributed by atoms with van der Waals surface area (Å²) in [5, 5.41) is 19.0. The summed E-state index contributed by atoms with van der Waals surface area (Å²) < 4.78 is 0. The van der Waals surface area contributed by atoms with Gasteiger partial charge in [0, 0.05) is 0 Å². The summed E-state index contributed by atoms with van der Waals surface area (Å²) in [5.41, 5.74) is 1.88. The van der Waals surface area contributed by atoms with Crippen molar-refractivity contribution in [3.8, 4) is 11.5 Å². The van der Waals surface area contributed by atoms with E-state index in [9.17, 15) is 15.0 Å². The molecule has 0 atom stereocenters. The minimum Gasteiger partial charge on any atom is -0.508 e. The largest absolute Gasteiger partial charge is 0.508 e. The number of allylic oxidation sites excluding steroid dienone is 1. The summed E-state index contributed by atoms with van der Waals surface area (Å²) in [6, 6.07) is 11.5. The van der Waals surface area contributed by atoms with Gasteiger partial charge in [-0.3, -0.25) is 4.79 Å². The van der Waals surface area contributed by atoms with E-state index in [0.29, 0.717) is 0 Å². The number of carbonyl (C=O) groups is 1. The molecule has 2 N–H and O–H groups in total. The summed E-state index contributed by atoms with van der Waals surface area (Å²) >= 11 is 0. The van der Waals surface area contributed by atoms with E-state index in [0.717, 1.165) is 11.1 Å². The Kier molecular flexibility index (Phi) is 3.66. The molecule has 19 heavy (non-hydrogen) atoms. The molecule has 0 heterocycles. The Labute approximate surface area is 111 Å². The van der Waals surface area contributed by atoms with Gasteiger partial charge in [-0.05, 0) is 48.4 Å². The third-order valence-corrected chi connectivity index (χ3v) is 2.72. The SMILES string of the molecule is Cc1ccc(C(=O)/C=C/c2cccc(O)c2)c(O)c1. The average Bonchev–Trinajstić information content (AvgIpc) is 2.36. The number of carbonyl (C=O) groups excluding carboxylic acids is 1. The van der Waals surface area contributed by atoms with Crippen molar-refractivity contribution in [1.29, 1.82) is 0 Å². The Morgan fingerprint density at radius 3 is 2.58 bits per heavy atom. The molecule has 0 aliphatic heterocycles. The van der Waals surface area contributed by atoms with Crippen LogP contribution >= 0.6 is 0 Å². The van der Waals surface area contributed by atoms with Gasteiger partial charge in [0.05, 0.1) is 5.56 Å². The normalized spacial score (nSPS) is 10.8. The van der Waals surface area contributed by atoms with Crippen molar-refractivity contribution < 1.29 is 15.0 Å². The van der Waals surface area contributed by atoms with Gasteiger partial charge < -0.3 is 10.2 Å². The topological polar surface area (TPSA) is 57.5 Å². The lowest BCUT2D eigenvalue weighted by Crippen LogP contribution is -1.95. The van der Waals surface area contributed by atoms with Crippen LogP contribution in [0.4, 0.5) is 0 Å². The van der Waals surface area contributed by atoms with E-state index in [4.69, 9.17) is 0 Å². The summed E-state index contributed by atoms with van der Waals surface area (Å²) in [4.78, 5) is 11.9. The quantitative estimate of drug-likeness (QED) is 0.652. The van der Waals surface area contributed by atoms with Crippen molar-refractivity contribution >= 4 is 11.9 Å². The van der Waals surface area contributed by atoms with E-state index in [1.165, 1.54) is 6.08 Å². The third-order valence-electron chi connectivity index (χ3n) is 2.72. The molecule has 2 rings (SSSR count). The van der Waals surface area contributed by atoms with Crippen LogP contribution in [0.1, 0.15) is 21.5 Å². The summed E-state index contributed by atoms with van der Waals surface area (Å²) in [7, 11) is 0. The van der Waals surface area contributed by atoms with Crippen LogP contribution in [0.15, 0.2) is 48.5 Å². The first-order chi connectivity index (χ1) is 9.06. The average molecular weight is 254 g/mol. The monoisotopic (exact) mass is 254 g/mol. The Morgan fingerprint density at radius 1 is 1.11 bits per heavy atom. The second-order valence-electron chi connectivity index (χ2n) is 4.31. The van der Waals surface area contributed by atoms with Crippen molar-refractivity contribution in [3.63, 3.8) is 0 Å². The minimum absolute atomic E-state index is 0.0226. The maximum atomic E-state index is 11.9. The first-order valence-corrected chi connectivity index (χ1v) is 5.87. The van der Waals surface area contributed by atoms with Crippen LogP contribution in [0.25, 0.3) is 6.08 Å². The van der Waals surface area contributed by atoms with Gasteiger partial charge in [0.1, 0.15) is 11.5 Å². The second-order valence-corrected chi connectivity index (χ2v) is 4.31. The predicted octanol–water partition coefficient (Wildman–Crippen LogP) is 3.30. The highest BCUT2D eigenvalue weighted by molar-refractivity contribution is 6.08. The first kappa shape index (κ1) is 12.9. The smallest absolute Gasteiger partial charge is 0.189 e. The van der Waals surface area contributed by atoms with Crippen LogP contribution in [0.5, 0.6) is 11.5 Å². The van der Waals surface area contributed by atoms with E-state index < -0.39 is 0 Å². The van der Waals surface area contributed by atoms with Crippen molar-refractivity contribution in [3.05, 3.63) is 65.2 Å². The van der Waals surface area contributed by atoms with Crippen LogP contribution in [0, 0.1) is 6.92 Å². The summed E-state index contributed by atoms with van der Waals surface area (Å²) in [5.74, 6) is -0.154. The summed E-state index contributed by atoms with van der Waals surface area (Å²) in [6.45, 7) is 1.84. The number of aryl methyl sites for hydroxylation is 1. The fourth-order valence-corrected chi connectivity index (χ4v) is 1.74. The molecular formula is C16H14O3. The maximum absolute atomic E-state index is 11.9. The number of hydrogen-bond donors (Lipinski definition) is 2. The lowest BCUT2D eigenvalue weighted by atomic mass is 10.1. The van der Waals surface area contributed by atoms with Crippen LogP contribution in [-0.4, -0.2) is 16.0 Å². The van der Waals surface area contributed by atoms with Crippen molar-refractivity contribution in [1.82, 2.24) is 0 Å². The molecule has 0 amide bonds. The predicted molar refractivity (Wildman–Crippen MR) is 74.3 cm³/mol. The summed E-state index contributed by atoms with van der Waals surface area (Å²) in [6.07, 6.45) is 2.97. The number of benzene rings is 2. The minimum atomic E-state index is -0.277. The molecule has 0 spiro atoms. The lowest BCUT2D eigenvalue weighted by Gasteiger charge is -2.01. The molecular weight excluding hydrogens is 240 g/mol. The van der Waals surface area contributed by atoms with Crippen LogP contribution in [-0.2, 0) is 0 Å². The van der Waals surface area contributed by atoms with E-state index in [1.54, 1.807) is 48.5 Å². The molecule has 2 aromatic carbocycles. The Bertz CT molecular complexity index is 642. The highest BCUT2D eigenvalue weighted by Gasteiger charge is 2.07. The molecule has 3 heteroatoms. The van der Waals surface area contributed by atoms with Gasteiger partial charge in [-0.15, -0.1) is 0 Å². The molecule has 2 aromatic rings. The Balaban J connectivity index is 2.21. The molecule has 0 aromatic heterocycles. The molecule has 0 bridgehead atoms. The lowest BCUT2D eigenvalue weighted by molar-refractivity contribution is 0.104. The highest BCUT2D eigenvalue weighted by Crippen LogP contribution is 2.20. The maximum Gasteiger partial charge on any atom is 0.189 e. The Hall–Kier alpha value is -2.55. The number of hydrogen-bond acceptors (Lipinski definition) is 3. The van der Waals surface area contributed by atoms with Crippen LogP contribution in [0.3, 0.4) is 0 Å². The number of phenols is 2. The van der Waals surface area contributed by atoms with E-state index >= 15 is 0 Å².